The monoisotopic (exact) mass is 325 g/mol. The maximum absolute atomic E-state index is 9.34. The first-order valence-electron chi connectivity index (χ1n) is 7.97. The molecule has 1 aliphatic rings. The van der Waals surface area contributed by atoms with Crippen LogP contribution in [0.2, 0.25) is 5.02 Å². The molecule has 0 aromatic heterocycles. The Kier molecular flexibility index (Phi) is 5.17. The summed E-state index contributed by atoms with van der Waals surface area (Å²) < 4.78 is 0. The summed E-state index contributed by atoms with van der Waals surface area (Å²) in [6.07, 6.45) is 1.10. The van der Waals surface area contributed by atoms with Gasteiger partial charge in [0.1, 0.15) is 6.07 Å². The summed E-state index contributed by atoms with van der Waals surface area (Å²) in [5.74, 6) is 0. The summed E-state index contributed by atoms with van der Waals surface area (Å²) in [4.78, 5) is 4.79. The molecule has 1 fully saturated rings. The van der Waals surface area contributed by atoms with Crippen LogP contribution in [0.5, 0.6) is 0 Å². The molecule has 3 rings (SSSR count). The van der Waals surface area contributed by atoms with Crippen molar-refractivity contribution >= 4 is 17.3 Å². The van der Waals surface area contributed by atoms with Gasteiger partial charge in [-0.1, -0.05) is 41.9 Å². The summed E-state index contributed by atoms with van der Waals surface area (Å²) in [6, 6.07) is 18.4. The minimum absolute atomic E-state index is 0.617. The van der Waals surface area contributed by atoms with Crippen LogP contribution in [-0.4, -0.2) is 31.1 Å². The molecular weight excluding hydrogens is 306 g/mol. The van der Waals surface area contributed by atoms with Crippen LogP contribution in [0.25, 0.3) is 0 Å². The second-order valence-corrected chi connectivity index (χ2v) is 6.31. The molecular formula is C19H20ClN3. The fourth-order valence-electron chi connectivity index (χ4n) is 3.09. The van der Waals surface area contributed by atoms with Crippen LogP contribution in [0.15, 0.2) is 48.5 Å². The molecule has 0 unspecified atom stereocenters. The van der Waals surface area contributed by atoms with Gasteiger partial charge in [0, 0.05) is 37.7 Å². The summed E-state index contributed by atoms with van der Waals surface area (Å²) in [5, 5.41) is 9.96. The summed E-state index contributed by atoms with van der Waals surface area (Å²) in [7, 11) is 0. The standard InChI is InChI=1S/C19H20ClN3/c20-18-7-8-19(17(13-18)14-21)23-10-4-9-22(11-12-23)15-16-5-2-1-3-6-16/h1-3,5-8,13H,4,9-12,15H2. The fraction of sp³-hybridized carbons (Fsp3) is 0.316. The van der Waals surface area contributed by atoms with Gasteiger partial charge in [0.25, 0.3) is 0 Å². The highest BCUT2D eigenvalue weighted by atomic mass is 35.5. The van der Waals surface area contributed by atoms with Gasteiger partial charge in [-0.25, -0.2) is 0 Å². The lowest BCUT2D eigenvalue weighted by Crippen LogP contribution is -2.30. The molecule has 1 saturated heterocycles. The third-order valence-electron chi connectivity index (χ3n) is 4.26. The molecule has 0 aliphatic carbocycles. The van der Waals surface area contributed by atoms with Crippen LogP contribution in [0.1, 0.15) is 17.5 Å². The third kappa shape index (κ3) is 4.04. The molecule has 118 valence electrons. The van der Waals surface area contributed by atoms with E-state index in [0.717, 1.165) is 44.8 Å². The summed E-state index contributed by atoms with van der Waals surface area (Å²) in [5.41, 5.74) is 3.01. The van der Waals surface area contributed by atoms with E-state index in [2.05, 4.69) is 46.2 Å². The topological polar surface area (TPSA) is 30.3 Å². The molecule has 2 aromatic carbocycles. The first-order chi connectivity index (χ1) is 11.3. The number of rotatable bonds is 3. The highest BCUT2D eigenvalue weighted by molar-refractivity contribution is 6.30. The van der Waals surface area contributed by atoms with E-state index in [4.69, 9.17) is 11.6 Å². The van der Waals surface area contributed by atoms with Gasteiger partial charge in [0.05, 0.1) is 11.3 Å². The van der Waals surface area contributed by atoms with Crippen molar-refractivity contribution in [3.63, 3.8) is 0 Å². The molecule has 0 bridgehead atoms. The molecule has 0 N–H and O–H groups in total. The van der Waals surface area contributed by atoms with Gasteiger partial charge in [-0.15, -0.1) is 0 Å². The van der Waals surface area contributed by atoms with Gasteiger partial charge in [0.15, 0.2) is 0 Å². The second-order valence-electron chi connectivity index (χ2n) is 5.88. The van der Waals surface area contributed by atoms with Crippen LogP contribution in [0, 0.1) is 11.3 Å². The average molecular weight is 326 g/mol. The first-order valence-corrected chi connectivity index (χ1v) is 8.35. The van der Waals surface area contributed by atoms with Gasteiger partial charge in [-0.3, -0.25) is 4.90 Å². The lowest BCUT2D eigenvalue weighted by Gasteiger charge is -2.24. The number of halogens is 1. The highest BCUT2D eigenvalue weighted by Crippen LogP contribution is 2.25. The Morgan fingerprint density at radius 2 is 1.83 bits per heavy atom. The zero-order valence-corrected chi connectivity index (χ0v) is 13.8. The SMILES string of the molecule is N#Cc1cc(Cl)ccc1N1CCCN(Cc2ccccc2)CC1. The van der Waals surface area contributed by atoms with Crippen molar-refractivity contribution < 1.29 is 0 Å². The van der Waals surface area contributed by atoms with Crippen LogP contribution >= 0.6 is 11.6 Å². The highest BCUT2D eigenvalue weighted by Gasteiger charge is 2.17. The van der Waals surface area contributed by atoms with Crippen molar-refractivity contribution in [2.45, 2.75) is 13.0 Å². The van der Waals surface area contributed by atoms with Crippen molar-refractivity contribution in [3.05, 3.63) is 64.7 Å². The van der Waals surface area contributed by atoms with E-state index < -0.39 is 0 Å². The van der Waals surface area contributed by atoms with Gasteiger partial charge in [0.2, 0.25) is 0 Å². The van der Waals surface area contributed by atoms with Gasteiger partial charge >= 0.3 is 0 Å². The Hall–Kier alpha value is -2.02. The van der Waals surface area contributed by atoms with E-state index in [9.17, 15) is 5.26 Å². The molecule has 1 heterocycles. The predicted octanol–water partition coefficient (Wildman–Crippen LogP) is 3.92. The maximum Gasteiger partial charge on any atom is 0.101 e. The van der Waals surface area contributed by atoms with Crippen molar-refractivity contribution in [1.82, 2.24) is 4.90 Å². The fourth-order valence-corrected chi connectivity index (χ4v) is 3.26. The van der Waals surface area contributed by atoms with E-state index in [1.165, 1.54) is 5.56 Å². The van der Waals surface area contributed by atoms with Crippen molar-refractivity contribution in [1.29, 1.82) is 5.26 Å². The Morgan fingerprint density at radius 1 is 1.00 bits per heavy atom. The molecule has 2 aromatic rings. The van der Waals surface area contributed by atoms with Gasteiger partial charge in [-0.05, 0) is 30.2 Å². The number of nitriles is 1. The number of benzene rings is 2. The first kappa shape index (κ1) is 15.9. The normalized spacial score (nSPS) is 15.9. The summed E-state index contributed by atoms with van der Waals surface area (Å²) in [6.45, 7) is 4.98. The third-order valence-corrected chi connectivity index (χ3v) is 4.49. The Balaban J connectivity index is 1.68. The van der Waals surface area contributed by atoms with Crippen molar-refractivity contribution in [2.24, 2.45) is 0 Å². The minimum Gasteiger partial charge on any atom is -0.369 e. The van der Waals surface area contributed by atoms with Gasteiger partial charge < -0.3 is 4.90 Å². The van der Waals surface area contributed by atoms with Crippen LogP contribution in [-0.2, 0) is 6.54 Å². The number of nitrogens with zero attached hydrogens (tertiary/aromatic N) is 3. The molecule has 0 saturated carbocycles. The molecule has 0 atom stereocenters. The quantitative estimate of drug-likeness (QED) is 0.856. The minimum atomic E-state index is 0.617. The number of hydrogen-bond donors (Lipinski definition) is 0. The molecule has 4 heteroatoms. The predicted molar refractivity (Wildman–Crippen MR) is 94.7 cm³/mol. The molecule has 0 amide bonds. The molecule has 3 nitrogen and oxygen atoms in total. The zero-order chi connectivity index (χ0) is 16.1. The van der Waals surface area contributed by atoms with Crippen LogP contribution in [0.3, 0.4) is 0 Å². The molecule has 0 radical (unpaired) electrons. The van der Waals surface area contributed by atoms with E-state index >= 15 is 0 Å². The average Bonchev–Trinajstić information content (AvgIpc) is 2.81. The molecule has 1 aliphatic heterocycles. The zero-order valence-electron chi connectivity index (χ0n) is 13.1. The van der Waals surface area contributed by atoms with Crippen molar-refractivity contribution in [3.8, 4) is 6.07 Å². The van der Waals surface area contributed by atoms with Crippen LogP contribution < -0.4 is 4.90 Å². The lowest BCUT2D eigenvalue weighted by molar-refractivity contribution is 0.285. The lowest BCUT2D eigenvalue weighted by atomic mass is 10.1. The Morgan fingerprint density at radius 3 is 2.61 bits per heavy atom. The Labute approximate surface area is 142 Å². The molecule has 0 spiro atoms. The largest absolute Gasteiger partial charge is 0.369 e. The Bertz CT molecular complexity index is 694. The second kappa shape index (κ2) is 7.50. The van der Waals surface area contributed by atoms with E-state index in [1.807, 2.05) is 12.1 Å². The van der Waals surface area contributed by atoms with E-state index in [1.54, 1.807) is 6.07 Å². The number of anilines is 1. The summed E-state index contributed by atoms with van der Waals surface area (Å²) >= 11 is 6.00. The molecule has 23 heavy (non-hydrogen) atoms. The van der Waals surface area contributed by atoms with E-state index in [0.29, 0.717) is 10.6 Å². The van der Waals surface area contributed by atoms with Gasteiger partial charge in [-0.2, -0.15) is 5.26 Å². The number of hydrogen-bond acceptors (Lipinski definition) is 3. The van der Waals surface area contributed by atoms with E-state index in [-0.39, 0.29) is 0 Å². The smallest absolute Gasteiger partial charge is 0.101 e. The maximum atomic E-state index is 9.34. The van der Waals surface area contributed by atoms with Crippen molar-refractivity contribution in [2.75, 3.05) is 31.1 Å². The van der Waals surface area contributed by atoms with Crippen LogP contribution in [0.4, 0.5) is 5.69 Å².